The summed E-state index contributed by atoms with van der Waals surface area (Å²) in [5.74, 6) is 1.07. The maximum atomic E-state index is 9.01. The monoisotopic (exact) mass is 328 g/mol. The summed E-state index contributed by atoms with van der Waals surface area (Å²) in [6.45, 7) is 9.18. The number of hydrogen-bond acceptors (Lipinski definition) is 6. The van der Waals surface area contributed by atoms with Crippen molar-refractivity contribution in [3.05, 3.63) is 16.8 Å². The summed E-state index contributed by atoms with van der Waals surface area (Å²) in [4.78, 5) is 16.0. The molecule has 1 aliphatic rings. The van der Waals surface area contributed by atoms with Gasteiger partial charge in [0.25, 0.3) is 0 Å². The maximum Gasteiger partial charge on any atom is 0.141 e. The Labute approximate surface area is 135 Å². The molecule has 0 spiro atoms. The van der Waals surface area contributed by atoms with Crippen molar-refractivity contribution >= 4 is 39.8 Å². The fraction of sp³-hybridized carbons (Fsp3) is 0.571. The molecule has 0 unspecified atom stereocenters. The van der Waals surface area contributed by atoms with Crippen LogP contribution in [0.4, 0.5) is 5.82 Å². The van der Waals surface area contributed by atoms with Gasteiger partial charge in [0.1, 0.15) is 17.0 Å². The maximum absolute atomic E-state index is 9.01. The lowest BCUT2D eigenvalue weighted by molar-refractivity contribution is 0.188. The van der Waals surface area contributed by atoms with E-state index in [-0.39, 0.29) is 19.0 Å². The third-order valence-electron chi connectivity index (χ3n) is 4.03. The van der Waals surface area contributed by atoms with Crippen LogP contribution in [0, 0.1) is 13.8 Å². The fourth-order valence-electron chi connectivity index (χ4n) is 2.73. The van der Waals surface area contributed by atoms with Crippen molar-refractivity contribution in [2.75, 3.05) is 44.2 Å². The quantitative estimate of drug-likeness (QED) is 0.932. The number of hydrogen-bond donors (Lipinski definition) is 1. The molecule has 3 heterocycles. The van der Waals surface area contributed by atoms with E-state index in [1.807, 2.05) is 0 Å². The molecule has 1 N–H and O–H groups in total. The summed E-state index contributed by atoms with van der Waals surface area (Å²) in [5.41, 5.74) is 1.30. The zero-order valence-electron chi connectivity index (χ0n) is 12.4. The summed E-state index contributed by atoms with van der Waals surface area (Å²) in [7, 11) is 0. The van der Waals surface area contributed by atoms with Crippen LogP contribution in [0.15, 0.2) is 6.33 Å². The van der Waals surface area contributed by atoms with Crippen molar-refractivity contribution in [2.24, 2.45) is 0 Å². The van der Waals surface area contributed by atoms with Gasteiger partial charge in [0.15, 0.2) is 0 Å². The van der Waals surface area contributed by atoms with Gasteiger partial charge in [-0.05, 0) is 19.4 Å². The molecular weight excluding hydrogens is 308 g/mol. The highest BCUT2D eigenvalue weighted by atomic mass is 35.5. The van der Waals surface area contributed by atoms with Crippen molar-refractivity contribution in [3.8, 4) is 0 Å². The second kappa shape index (κ2) is 6.87. The summed E-state index contributed by atoms with van der Waals surface area (Å²) >= 11 is 1.74. The molecule has 0 bridgehead atoms. The van der Waals surface area contributed by atoms with Gasteiger partial charge in [0.2, 0.25) is 0 Å². The Balaban J connectivity index is 0.00000161. The number of nitrogens with zero attached hydrogens (tertiary/aromatic N) is 4. The van der Waals surface area contributed by atoms with Crippen LogP contribution in [-0.2, 0) is 0 Å². The molecule has 1 aliphatic heterocycles. The number of thiophene rings is 1. The molecule has 2 aromatic heterocycles. The lowest BCUT2D eigenvalue weighted by atomic mass is 10.2. The van der Waals surface area contributed by atoms with Crippen LogP contribution < -0.4 is 4.90 Å². The molecule has 0 aliphatic carbocycles. The number of aromatic nitrogens is 2. The first-order valence-electron chi connectivity index (χ1n) is 6.99. The molecule has 5 nitrogen and oxygen atoms in total. The molecule has 21 heavy (non-hydrogen) atoms. The molecule has 1 saturated heterocycles. The number of β-amino-alcohol motifs (C(OH)–C–C–N with tert-alkyl or cyclic N) is 1. The van der Waals surface area contributed by atoms with Crippen molar-refractivity contribution in [1.29, 1.82) is 0 Å². The van der Waals surface area contributed by atoms with Crippen LogP contribution in [0.3, 0.4) is 0 Å². The Hall–Kier alpha value is -0.950. The van der Waals surface area contributed by atoms with E-state index in [0.717, 1.165) is 43.4 Å². The predicted molar refractivity (Wildman–Crippen MR) is 89.9 cm³/mol. The minimum atomic E-state index is 0. The number of aryl methyl sites for hydroxylation is 2. The number of halogens is 1. The van der Waals surface area contributed by atoms with Gasteiger partial charge >= 0.3 is 0 Å². The van der Waals surface area contributed by atoms with Crippen molar-refractivity contribution < 1.29 is 5.11 Å². The van der Waals surface area contributed by atoms with Gasteiger partial charge in [-0.2, -0.15) is 0 Å². The highest BCUT2D eigenvalue weighted by Crippen LogP contribution is 2.34. The summed E-state index contributed by atoms with van der Waals surface area (Å²) in [6.07, 6.45) is 1.67. The first-order valence-corrected chi connectivity index (χ1v) is 7.81. The van der Waals surface area contributed by atoms with Crippen LogP contribution in [-0.4, -0.2) is 59.3 Å². The highest BCUT2D eigenvalue weighted by molar-refractivity contribution is 7.18. The zero-order chi connectivity index (χ0) is 14.1. The normalized spacial score (nSPS) is 16.2. The van der Waals surface area contributed by atoms with Crippen LogP contribution >= 0.6 is 23.7 Å². The first-order chi connectivity index (χ1) is 9.70. The third kappa shape index (κ3) is 3.13. The first kappa shape index (κ1) is 16.4. The fourth-order valence-corrected chi connectivity index (χ4v) is 3.72. The lowest BCUT2D eigenvalue weighted by Gasteiger charge is -2.35. The summed E-state index contributed by atoms with van der Waals surface area (Å²) in [6, 6.07) is 0. The van der Waals surface area contributed by atoms with Crippen LogP contribution in [0.25, 0.3) is 10.2 Å². The van der Waals surface area contributed by atoms with Crippen molar-refractivity contribution in [1.82, 2.24) is 14.9 Å². The molecule has 0 saturated carbocycles. The molecule has 116 valence electrons. The van der Waals surface area contributed by atoms with Gasteiger partial charge in [-0.15, -0.1) is 23.7 Å². The van der Waals surface area contributed by atoms with Crippen LogP contribution in [0.1, 0.15) is 10.4 Å². The number of anilines is 1. The molecule has 0 amide bonds. The van der Waals surface area contributed by atoms with E-state index in [1.54, 1.807) is 17.7 Å². The average Bonchev–Trinajstić information content (AvgIpc) is 2.76. The Morgan fingerprint density at radius 3 is 2.57 bits per heavy atom. The molecule has 0 atom stereocenters. The Morgan fingerprint density at radius 2 is 1.90 bits per heavy atom. The van der Waals surface area contributed by atoms with Gasteiger partial charge in [-0.25, -0.2) is 9.97 Å². The number of piperazine rings is 1. The minimum Gasteiger partial charge on any atom is -0.395 e. The zero-order valence-corrected chi connectivity index (χ0v) is 14.0. The van der Waals surface area contributed by atoms with Gasteiger partial charge in [0.05, 0.1) is 12.0 Å². The number of aliphatic hydroxyl groups excluding tert-OH is 1. The minimum absolute atomic E-state index is 0. The topological polar surface area (TPSA) is 52.5 Å². The standard InChI is InChI=1S/C14H20N4OS.ClH/c1-10-11(2)20-14-12(10)13(15-9-16-14)18-5-3-17(4-6-18)7-8-19;/h9,19H,3-8H2,1-2H3;1H. The Kier molecular flexibility index (Phi) is 5.37. The largest absolute Gasteiger partial charge is 0.395 e. The molecule has 3 rings (SSSR count). The van der Waals surface area contributed by atoms with Crippen molar-refractivity contribution in [3.63, 3.8) is 0 Å². The van der Waals surface area contributed by atoms with E-state index >= 15 is 0 Å². The number of fused-ring (bicyclic) bond motifs is 1. The van der Waals surface area contributed by atoms with Gasteiger partial charge in [-0.1, -0.05) is 0 Å². The van der Waals surface area contributed by atoms with E-state index in [9.17, 15) is 0 Å². The van der Waals surface area contributed by atoms with E-state index in [2.05, 4.69) is 33.6 Å². The molecule has 0 aromatic carbocycles. The number of rotatable bonds is 3. The Morgan fingerprint density at radius 1 is 1.19 bits per heavy atom. The van der Waals surface area contributed by atoms with E-state index in [4.69, 9.17) is 5.11 Å². The second-order valence-corrected chi connectivity index (χ2v) is 6.42. The van der Waals surface area contributed by atoms with Gasteiger partial charge < -0.3 is 10.0 Å². The van der Waals surface area contributed by atoms with E-state index in [0.29, 0.717) is 0 Å². The SMILES string of the molecule is Cc1sc2ncnc(N3CCN(CCO)CC3)c2c1C.Cl. The molecule has 2 aromatic rings. The highest BCUT2D eigenvalue weighted by Gasteiger charge is 2.21. The molecular formula is C14H21ClN4OS. The lowest BCUT2D eigenvalue weighted by Crippen LogP contribution is -2.47. The summed E-state index contributed by atoms with van der Waals surface area (Å²) < 4.78 is 0. The van der Waals surface area contributed by atoms with E-state index < -0.39 is 0 Å². The third-order valence-corrected chi connectivity index (χ3v) is 5.15. The number of aliphatic hydroxyl groups is 1. The van der Waals surface area contributed by atoms with Crippen LogP contribution in [0.5, 0.6) is 0 Å². The van der Waals surface area contributed by atoms with E-state index in [1.165, 1.54) is 15.8 Å². The Bertz CT molecular complexity index is 610. The van der Waals surface area contributed by atoms with Gasteiger partial charge in [-0.3, -0.25) is 4.90 Å². The van der Waals surface area contributed by atoms with Crippen LogP contribution in [0.2, 0.25) is 0 Å². The molecule has 1 fully saturated rings. The summed E-state index contributed by atoms with van der Waals surface area (Å²) in [5, 5.41) is 10.2. The molecule has 0 radical (unpaired) electrons. The predicted octanol–water partition coefficient (Wildman–Crippen LogP) is 1.84. The van der Waals surface area contributed by atoms with Gasteiger partial charge in [0, 0.05) is 37.6 Å². The smallest absolute Gasteiger partial charge is 0.141 e. The molecule has 7 heteroatoms. The van der Waals surface area contributed by atoms with Crippen molar-refractivity contribution in [2.45, 2.75) is 13.8 Å². The average molecular weight is 329 g/mol. The second-order valence-electron chi connectivity index (χ2n) is 5.21.